The number of hydrogen-bond acceptors (Lipinski definition) is 3. The topological polar surface area (TPSA) is 44.5 Å². The number of nitrogen functional groups attached to an aromatic ring is 1. The molecular weight excluding hydrogens is 202 g/mol. The summed E-state index contributed by atoms with van der Waals surface area (Å²) in [5, 5.41) is 0.553. The van der Waals surface area contributed by atoms with E-state index in [1.54, 1.807) is 18.2 Å². The second kappa shape index (κ2) is 4.07. The number of halogens is 1. The normalized spacial score (nSPS) is 21.1. The highest BCUT2D eigenvalue weighted by Gasteiger charge is 2.19. The molecule has 0 bridgehead atoms. The Morgan fingerprint density at radius 2 is 2.36 bits per heavy atom. The number of anilines is 1. The number of hydrogen-bond donors (Lipinski definition) is 1. The van der Waals surface area contributed by atoms with E-state index in [-0.39, 0.29) is 6.10 Å². The van der Waals surface area contributed by atoms with E-state index in [1.807, 2.05) is 0 Å². The second-order valence-corrected chi connectivity index (χ2v) is 3.67. The maximum absolute atomic E-state index is 5.96. The minimum atomic E-state index is 0.0807. The van der Waals surface area contributed by atoms with E-state index in [1.165, 1.54) is 0 Å². The van der Waals surface area contributed by atoms with Crippen LogP contribution in [0.25, 0.3) is 0 Å². The number of para-hydroxylation sites is 1. The Labute approximate surface area is 87.8 Å². The fourth-order valence-electron chi connectivity index (χ4n) is 1.42. The van der Waals surface area contributed by atoms with Crippen LogP contribution in [0.4, 0.5) is 5.69 Å². The Balaban J connectivity index is 2.14. The molecule has 76 valence electrons. The molecule has 3 nitrogen and oxygen atoms in total. The van der Waals surface area contributed by atoms with Crippen LogP contribution in [0.3, 0.4) is 0 Å². The van der Waals surface area contributed by atoms with Crippen molar-refractivity contribution >= 4 is 17.3 Å². The number of rotatable bonds is 2. The van der Waals surface area contributed by atoms with Gasteiger partial charge in [0, 0.05) is 6.42 Å². The van der Waals surface area contributed by atoms with Gasteiger partial charge in [-0.25, -0.2) is 0 Å². The van der Waals surface area contributed by atoms with E-state index in [4.69, 9.17) is 26.8 Å². The lowest BCUT2D eigenvalue weighted by molar-refractivity contribution is 0.142. The highest BCUT2D eigenvalue weighted by atomic mass is 35.5. The number of benzene rings is 1. The lowest BCUT2D eigenvalue weighted by atomic mass is 10.2. The molecule has 14 heavy (non-hydrogen) atoms. The Morgan fingerprint density at radius 1 is 1.50 bits per heavy atom. The molecule has 1 heterocycles. The van der Waals surface area contributed by atoms with Crippen LogP contribution in [0, 0.1) is 0 Å². The number of ether oxygens (including phenoxy) is 2. The van der Waals surface area contributed by atoms with Gasteiger partial charge in [0.15, 0.2) is 5.75 Å². The van der Waals surface area contributed by atoms with Crippen LogP contribution in [-0.2, 0) is 4.74 Å². The van der Waals surface area contributed by atoms with Gasteiger partial charge >= 0.3 is 0 Å². The molecule has 0 saturated carbocycles. The van der Waals surface area contributed by atoms with E-state index in [9.17, 15) is 0 Å². The fraction of sp³-hybridized carbons (Fsp3) is 0.400. The molecule has 0 radical (unpaired) electrons. The van der Waals surface area contributed by atoms with Crippen LogP contribution >= 0.6 is 11.6 Å². The summed E-state index contributed by atoms with van der Waals surface area (Å²) in [4.78, 5) is 0. The zero-order valence-electron chi connectivity index (χ0n) is 7.70. The van der Waals surface area contributed by atoms with E-state index < -0.39 is 0 Å². The van der Waals surface area contributed by atoms with Crippen molar-refractivity contribution in [1.29, 1.82) is 0 Å². The van der Waals surface area contributed by atoms with Gasteiger partial charge in [-0.2, -0.15) is 0 Å². The standard InChI is InChI=1S/C10H12ClNO2/c11-8-2-1-3-9(12)10(8)14-7-4-5-13-6-7/h1-3,7H,4-6,12H2. The first kappa shape index (κ1) is 9.62. The lowest BCUT2D eigenvalue weighted by Gasteiger charge is -2.14. The van der Waals surface area contributed by atoms with E-state index in [0.29, 0.717) is 23.1 Å². The first-order valence-corrected chi connectivity index (χ1v) is 4.93. The van der Waals surface area contributed by atoms with Crippen LogP contribution in [0.2, 0.25) is 5.02 Å². The molecule has 1 aliphatic heterocycles. The summed E-state index contributed by atoms with van der Waals surface area (Å²) in [6.07, 6.45) is 0.974. The molecule has 2 rings (SSSR count). The van der Waals surface area contributed by atoms with Gasteiger partial charge in [-0.15, -0.1) is 0 Å². The molecule has 1 unspecified atom stereocenters. The van der Waals surface area contributed by atoms with Gasteiger partial charge in [0.2, 0.25) is 0 Å². The van der Waals surface area contributed by atoms with Gasteiger partial charge < -0.3 is 15.2 Å². The predicted molar refractivity (Wildman–Crippen MR) is 55.7 cm³/mol. The Bertz CT molecular complexity index is 304. The smallest absolute Gasteiger partial charge is 0.161 e. The quantitative estimate of drug-likeness (QED) is 0.766. The minimum Gasteiger partial charge on any atom is -0.484 e. The summed E-state index contributed by atoms with van der Waals surface area (Å²) in [7, 11) is 0. The molecule has 0 aliphatic carbocycles. The number of nitrogens with two attached hydrogens (primary N) is 1. The summed E-state index contributed by atoms with van der Waals surface area (Å²) in [6.45, 7) is 1.36. The van der Waals surface area contributed by atoms with Crippen molar-refractivity contribution in [2.24, 2.45) is 0 Å². The van der Waals surface area contributed by atoms with Crippen LogP contribution in [0.1, 0.15) is 6.42 Å². The third-order valence-electron chi connectivity index (χ3n) is 2.17. The Hall–Kier alpha value is -0.930. The van der Waals surface area contributed by atoms with E-state index >= 15 is 0 Å². The molecular formula is C10H12ClNO2. The molecule has 1 aromatic carbocycles. The van der Waals surface area contributed by atoms with Gasteiger partial charge in [0.05, 0.1) is 23.9 Å². The molecule has 1 fully saturated rings. The largest absolute Gasteiger partial charge is 0.484 e. The van der Waals surface area contributed by atoms with Crippen LogP contribution in [-0.4, -0.2) is 19.3 Å². The molecule has 0 aromatic heterocycles. The molecule has 0 amide bonds. The first-order valence-electron chi connectivity index (χ1n) is 4.56. The maximum Gasteiger partial charge on any atom is 0.161 e. The van der Waals surface area contributed by atoms with Gasteiger partial charge in [-0.1, -0.05) is 17.7 Å². The molecule has 0 spiro atoms. The molecule has 1 aromatic rings. The minimum absolute atomic E-state index is 0.0807. The summed E-state index contributed by atoms with van der Waals surface area (Å²) < 4.78 is 10.9. The van der Waals surface area contributed by atoms with Crippen molar-refractivity contribution in [3.8, 4) is 5.75 Å². The molecule has 4 heteroatoms. The summed E-state index contributed by atoms with van der Waals surface area (Å²) in [6, 6.07) is 5.34. The predicted octanol–water partition coefficient (Wildman–Crippen LogP) is 2.09. The Morgan fingerprint density at radius 3 is 3.00 bits per heavy atom. The average molecular weight is 214 g/mol. The molecule has 2 N–H and O–H groups in total. The molecule has 1 aliphatic rings. The maximum atomic E-state index is 5.96. The van der Waals surface area contributed by atoms with Crippen LogP contribution < -0.4 is 10.5 Å². The first-order chi connectivity index (χ1) is 6.77. The summed E-state index contributed by atoms with van der Waals surface area (Å²) >= 11 is 5.96. The van der Waals surface area contributed by atoms with Gasteiger partial charge in [-0.05, 0) is 12.1 Å². The second-order valence-electron chi connectivity index (χ2n) is 3.26. The summed E-state index contributed by atoms with van der Waals surface area (Å²) in [5.41, 5.74) is 6.32. The summed E-state index contributed by atoms with van der Waals surface area (Å²) in [5.74, 6) is 0.574. The van der Waals surface area contributed by atoms with Crippen molar-refractivity contribution in [2.75, 3.05) is 18.9 Å². The molecule has 1 atom stereocenters. The van der Waals surface area contributed by atoms with Crippen molar-refractivity contribution in [3.63, 3.8) is 0 Å². The third kappa shape index (κ3) is 1.94. The van der Waals surface area contributed by atoms with E-state index in [0.717, 1.165) is 13.0 Å². The fourth-order valence-corrected chi connectivity index (χ4v) is 1.65. The monoisotopic (exact) mass is 213 g/mol. The average Bonchev–Trinajstić information content (AvgIpc) is 2.64. The van der Waals surface area contributed by atoms with E-state index in [2.05, 4.69) is 0 Å². The SMILES string of the molecule is Nc1cccc(Cl)c1OC1CCOC1. The van der Waals surface area contributed by atoms with Gasteiger partial charge in [0.1, 0.15) is 6.10 Å². The van der Waals surface area contributed by atoms with Crippen molar-refractivity contribution < 1.29 is 9.47 Å². The zero-order valence-corrected chi connectivity index (χ0v) is 8.46. The van der Waals surface area contributed by atoms with Crippen molar-refractivity contribution in [3.05, 3.63) is 23.2 Å². The zero-order chi connectivity index (χ0) is 9.97. The highest BCUT2D eigenvalue weighted by Crippen LogP contribution is 2.32. The third-order valence-corrected chi connectivity index (χ3v) is 2.47. The van der Waals surface area contributed by atoms with Gasteiger partial charge in [0.25, 0.3) is 0 Å². The lowest BCUT2D eigenvalue weighted by Crippen LogP contribution is -2.16. The highest BCUT2D eigenvalue weighted by molar-refractivity contribution is 6.32. The van der Waals surface area contributed by atoms with Crippen molar-refractivity contribution in [1.82, 2.24) is 0 Å². The van der Waals surface area contributed by atoms with Crippen molar-refractivity contribution in [2.45, 2.75) is 12.5 Å². The van der Waals surface area contributed by atoms with Crippen LogP contribution in [0.5, 0.6) is 5.75 Å². The van der Waals surface area contributed by atoms with Crippen LogP contribution in [0.15, 0.2) is 18.2 Å². The molecule has 1 saturated heterocycles. The Kier molecular flexibility index (Phi) is 2.79. The van der Waals surface area contributed by atoms with Gasteiger partial charge in [-0.3, -0.25) is 0 Å².